The molecule has 1 fully saturated rings. The summed E-state index contributed by atoms with van der Waals surface area (Å²) in [5.41, 5.74) is 0.613. The summed E-state index contributed by atoms with van der Waals surface area (Å²) < 4.78 is 26.6. The number of carbonyl (C=O) groups excluding carboxylic acids is 1. The molecule has 0 atom stereocenters. The van der Waals surface area contributed by atoms with Crippen LogP contribution in [0.5, 0.6) is 5.75 Å². The van der Waals surface area contributed by atoms with E-state index < -0.39 is 10.0 Å². The second-order valence-corrected chi connectivity index (χ2v) is 7.97. The van der Waals surface area contributed by atoms with Crippen molar-refractivity contribution in [3.05, 3.63) is 54.6 Å². The number of amides is 1. The number of hydrogen-bond donors (Lipinski definition) is 2. The molecule has 2 N–H and O–H groups in total. The van der Waals surface area contributed by atoms with Crippen LogP contribution in [0.15, 0.2) is 59.5 Å². The molecule has 0 radical (unpaired) electrons. The van der Waals surface area contributed by atoms with Crippen molar-refractivity contribution in [3.8, 4) is 5.75 Å². The maximum Gasteiger partial charge on any atom is 0.243 e. The Balaban J connectivity index is 1.60. The first-order valence-corrected chi connectivity index (χ1v) is 9.56. The van der Waals surface area contributed by atoms with E-state index in [9.17, 15) is 18.3 Å². The van der Waals surface area contributed by atoms with Crippen LogP contribution in [0.4, 0.5) is 5.69 Å². The number of hydrogen-bond acceptors (Lipinski definition) is 4. The van der Waals surface area contributed by atoms with Gasteiger partial charge in [0.25, 0.3) is 0 Å². The number of benzene rings is 2. The molecule has 0 aliphatic carbocycles. The van der Waals surface area contributed by atoms with Crippen molar-refractivity contribution < 1.29 is 18.3 Å². The van der Waals surface area contributed by atoms with Crippen molar-refractivity contribution in [2.45, 2.75) is 17.7 Å². The van der Waals surface area contributed by atoms with E-state index in [1.807, 2.05) is 0 Å². The lowest BCUT2D eigenvalue weighted by Gasteiger charge is -2.30. The minimum Gasteiger partial charge on any atom is -0.508 e. The molecule has 2 aromatic carbocycles. The van der Waals surface area contributed by atoms with Gasteiger partial charge in [-0.2, -0.15) is 4.31 Å². The number of carbonyl (C=O) groups is 1. The lowest BCUT2D eigenvalue weighted by Crippen LogP contribution is -2.41. The maximum absolute atomic E-state index is 12.6. The normalized spacial score (nSPS) is 16.5. The number of phenolic OH excluding ortho intramolecular Hbond substituents is 1. The highest BCUT2D eigenvalue weighted by molar-refractivity contribution is 7.89. The Morgan fingerprint density at radius 3 is 2.20 bits per heavy atom. The molecule has 132 valence electrons. The van der Waals surface area contributed by atoms with Crippen molar-refractivity contribution >= 4 is 21.6 Å². The number of nitrogens with zero attached hydrogens (tertiary/aromatic N) is 1. The summed E-state index contributed by atoms with van der Waals surface area (Å²) in [6.45, 7) is 0.649. The van der Waals surface area contributed by atoms with Crippen LogP contribution in [-0.2, 0) is 14.8 Å². The van der Waals surface area contributed by atoms with Crippen LogP contribution < -0.4 is 5.32 Å². The quantitative estimate of drug-likeness (QED) is 0.820. The summed E-state index contributed by atoms with van der Waals surface area (Å²) in [7, 11) is -3.50. The number of phenols is 1. The van der Waals surface area contributed by atoms with E-state index in [2.05, 4.69) is 5.32 Å². The van der Waals surface area contributed by atoms with E-state index in [-0.39, 0.29) is 22.5 Å². The molecule has 1 aliphatic heterocycles. The maximum atomic E-state index is 12.6. The molecule has 7 heteroatoms. The van der Waals surface area contributed by atoms with Gasteiger partial charge >= 0.3 is 0 Å². The van der Waals surface area contributed by atoms with Gasteiger partial charge in [0.1, 0.15) is 5.75 Å². The van der Waals surface area contributed by atoms with Crippen molar-refractivity contribution in [3.63, 3.8) is 0 Å². The van der Waals surface area contributed by atoms with Crippen LogP contribution in [0.1, 0.15) is 12.8 Å². The van der Waals surface area contributed by atoms with Gasteiger partial charge in [0.2, 0.25) is 15.9 Å². The highest BCUT2D eigenvalue weighted by Crippen LogP contribution is 2.25. The average molecular weight is 360 g/mol. The van der Waals surface area contributed by atoms with Gasteiger partial charge in [-0.25, -0.2) is 8.42 Å². The number of nitrogens with one attached hydrogen (secondary N) is 1. The van der Waals surface area contributed by atoms with Gasteiger partial charge in [0.15, 0.2) is 0 Å². The van der Waals surface area contributed by atoms with Crippen LogP contribution in [0.25, 0.3) is 0 Å². The zero-order chi connectivity index (χ0) is 17.9. The molecule has 0 unspecified atom stereocenters. The highest BCUT2D eigenvalue weighted by atomic mass is 32.2. The Labute approximate surface area is 147 Å². The van der Waals surface area contributed by atoms with Gasteiger partial charge in [-0.05, 0) is 49.2 Å². The third kappa shape index (κ3) is 4.00. The Morgan fingerprint density at radius 2 is 1.60 bits per heavy atom. The third-order valence-electron chi connectivity index (χ3n) is 4.34. The fourth-order valence-electron chi connectivity index (χ4n) is 2.89. The Hall–Kier alpha value is -2.38. The van der Waals surface area contributed by atoms with Gasteiger partial charge in [-0.1, -0.05) is 18.2 Å². The van der Waals surface area contributed by atoms with Gasteiger partial charge < -0.3 is 10.4 Å². The zero-order valence-corrected chi connectivity index (χ0v) is 14.4. The Bertz CT molecular complexity index is 827. The molecule has 0 saturated carbocycles. The number of piperidine rings is 1. The minimum absolute atomic E-state index is 0.123. The van der Waals surface area contributed by atoms with Gasteiger partial charge in [-0.15, -0.1) is 0 Å². The first-order valence-electron chi connectivity index (χ1n) is 8.12. The van der Waals surface area contributed by atoms with Crippen molar-refractivity contribution in [1.82, 2.24) is 4.31 Å². The summed E-state index contributed by atoms with van der Waals surface area (Å²) in [5.74, 6) is -0.212. The molecule has 1 saturated heterocycles. The molecular weight excluding hydrogens is 340 g/mol. The smallest absolute Gasteiger partial charge is 0.243 e. The standard InChI is InChI=1S/C18H20N2O4S/c21-16-8-6-15(7-9-16)19-18(22)14-10-12-20(13-11-14)25(23,24)17-4-2-1-3-5-17/h1-9,14,21H,10-13H2,(H,19,22). The Kier molecular flexibility index (Phi) is 5.06. The molecule has 1 amide bonds. The SMILES string of the molecule is O=C(Nc1ccc(O)cc1)C1CCN(S(=O)(=O)c2ccccc2)CC1. The zero-order valence-electron chi connectivity index (χ0n) is 13.6. The van der Waals surface area contributed by atoms with E-state index in [1.165, 1.54) is 16.4 Å². The molecule has 0 spiro atoms. The molecule has 0 aromatic heterocycles. The molecule has 3 rings (SSSR count). The first kappa shape index (κ1) is 17.4. The third-order valence-corrected chi connectivity index (χ3v) is 6.25. The second kappa shape index (κ2) is 7.25. The van der Waals surface area contributed by atoms with Crippen molar-refractivity contribution in [2.24, 2.45) is 5.92 Å². The van der Waals surface area contributed by atoms with E-state index in [0.717, 1.165) is 0 Å². The van der Waals surface area contributed by atoms with Crippen molar-refractivity contribution in [1.29, 1.82) is 0 Å². The summed E-state index contributed by atoms with van der Waals surface area (Å²) in [6, 6.07) is 14.6. The van der Waals surface area contributed by atoms with Gasteiger partial charge in [0.05, 0.1) is 4.90 Å². The van der Waals surface area contributed by atoms with E-state index in [0.29, 0.717) is 31.6 Å². The summed E-state index contributed by atoms with van der Waals surface area (Å²) in [6.07, 6.45) is 0.964. The van der Waals surface area contributed by atoms with E-state index >= 15 is 0 Å². The van der Waals surface area contributed by atoms with E-state index in [1.54, 1.807) is 42.5 Å². The molecule has 6 nitrogen and oxygen atoms in total. The number of anilines is 1. The van der Waals surface area contributed by atoms with Crippen LogP contribution >= 0.6 is 0 Å². The molecule has 1 heterocycles. The topological polar surface area (TPSA) is 86.7 Å². The molecule has 1 aliphatic rings. The van der Waals surface area contributed by atoms with Gasteiger partial charge in [0, 0.05) is 24.7 Å². The van der Waals surface area contributed by atoms with Crippen molar-refractivity contribution in [2.75, 3.05) is 18.4 Å². The number of aromatic hydroxyl groups is 1. The predicted octanol–water partition coefficient (Wildman–Crippen LogP) is 2.43. The highest BCUT2D eigenvalue weighted by Gasteiger charge is 2.31. The molecule has 2 aromatic rings. The average Bonchev–Trinajstić information content (AvgIpc) is 2.64. The fraction of sp³-hybridized carbons (Fsp3) is 0.278. The Morgan fingerprint density at radius 1 is 1.00 bits per heavy atom. The van der Waals surface area contributed by atoms with Crippen LogP contribution in [0.2, 0.25) is 0 Å². The molecular formula is C18H20N2O4S. The first-order chi connectivity index (χ1) is 12.0. The van der Waals surface area contributed by atoms with Gasteiger partial charge in [-0.3, -0.25) is 4.79 Å². The predicted molar refractivity (Wildman–Crippen MR) is 94.7 cm³/mol. The summed E-state index contributed by atoms with van der Waals surface area (Å²) in [5, 5.41) is 12.1. The number of sulfonamides is 1. The summed E-state index contributed by atoms with van der Waals surface area (Å²) in [4.78, 5) is 12.6. The minimum atomic E-state index is -3.50. The van der Waals surface area contributed by atoms with Crippen LogP contribution in [0.3, 0.4) is 0 Å². The molecule has 25 heavy (non-hydrogen) atoms. The fourth-order valence-corrected chi connectivity index (χ4v) is 4.38. The molecule has 0 bridgehead atoms. The number of rotatable bonds is 4. The lowest BCUT2D eigenvalue weighted by atomic mass is 9.97. The lowest BCUT2D eigenvalue weighted by molar-refractivity contribution is -0.120. The second-order valence-electron chi connectivity index (χ2n) is 6.03. The van der Waals surface area contributed by atoms with E-state index in [4.69, 9.17) is 0 Å². The van der Waals surface area contributed by atoms with Crippen LogP contribution in [-0.4, -0.2) is 36.8 Å². The van der Waals surface area contributed by atoms with Crippen LogP contribution in [0, 0.1) is 5.92 Å². The summed E-state index contributed by atoms with van der Waals surface area (Å²) >= 11 is 0. The largest absolute Gasteiger partial charge is 0.508 e. The monoisotopic (exact) mass is 360 g/mol.